The molecule has 0 saturated carbocycles. The zero-order valence-electron chi connectivity index (χ0n) is 14.3. The minimum Gasteiger partial charge on any atom is -0.481 e. The Balaban J connectivity index is 3.34. The van der Waals surface area contributed by atoms with Crippen LogP contribution in [0.2, 0.25) is 0 Å². The van der Waals surface area contributed by atoms with Crippen molar-refractivity contribution in [2.75, 3.05) is 0 Å². The number of hydrogen-bond acceptors (Lipinski definition) is 3. The van der Waals surface area contributed by atoms with Gasteiger partial charge in [0.2, 0.25) is 0 Å². The smallest absolute Gasteiger partial charge is 0.303 e. The van der Waals surface area contributed by atoms with Gasteiger partial charge in [0.15, 0.2) is 0 Å². The molecule has 22 heavy (non-hydrogen) atoms. The summed E-state index contributed by atoms with van der Waals surface area (Å²) in [5.41, 5.74) is 0. The van der Waals surface area contributed by atoms with Crippen molar-refractivity contribution in [3.63, 3.8) is 0 Å². The van der Waals surface area contributed by atoms with Crippen LogP contribution in [0.15, 0.2) is 0 Å². The van der Waals surface area contributed by atoms with Crippen LogP contribution in [0.3, 0.4) is 0 Å². The maximum Gasteiger partial charge on any atom is 0.303 e. The second-order valence-electron chi connectivity index (χ2n) is 6.43. The van der Waals surface area contributed by atoms with E-state index in [9.17, 15) is 15.0 Å². The monoisotopic (exact) mass is 316 g/mol. The van der Waals surface area contributed by atoms with E-state index in [4.69, 9.17) is 5.11 Å². The number of unbranched alkanes of at least 4 members (excludes halogenated alkanes) is 7. The van der Waals surface area contributed by atoms with Gasteiger partial charge in [-0.15, -0.1) is 0 Å². The Kier molecular flexibility index (Phi) is 14.9. The van der Waals surface area contributed by atoms with Gasteiger partial charge in [0.25, 0.3) is 0 Å². The second kappa shape index (κ2) is 15.3. The summed E-state index contributed by atoms with van der Waals surface area (Å²) in [6, 6.07) is 0. The SMILES string of the molecule is CCCCCC[C@@H](O)CC[C@H](O)CCCCCCCC(=O)O. The molecule has 0 aliphatic heterocycles. The highest BCUT2D eigenvalue weighted by Gasteiger charge is 2.09. The molecule has 4 heteroatoms. The molecule has 0 fully saturated rings. The topological polar surface area (TPSA) is 77.8 Å². The van der Waals surface area contributed by atoms with Crippen LogP contribution in [0, 0.1) is 0 Å². The van der Waals surface area contributed by atoms with E-state index < -0.39 is 5.97 Å². The maximum absolute atomic E-state index is 10.3. The molecule has 3 N–H and O–H groups in total. The van der Waals surface area contributed by atoms with Gasteiger partial charge in [-0.1, -0.05) is 58.3 Å². The molecule has 0 bridgehead atoms. The van der Waals surface area contributed by atoms with Gasteiger partial charge < -0.3 is 15.3 Å². The average molecular weight is 316 g/mol. The number of aliphatic hydroxyl groups excluding tert-OH is 2. The molecule has 2 atom stereocenters. The Morgan fingerprint density at radius 1 is 0.727 bits per heavy atom. The molecular formula is C18H36O4. The van der Waals surface area contributed by atoms with Gasteiger partial charge in [-0.3, -0.25) is 4.79 Å². The second-order valence-corrected chi connectivity index (χ2v) is 6.43. The summed E-state index contributed by atoms with van der Waals surface area (Å²) in [6.45, 7) is 2.18. The van der Waals surface area contributed by atoms with Crippen molar-refractivity contribution in [3.05, 3.63) is 0 Å². The number of carbonyl (C=O) groups is 1. The van der Waals surface area contributed by atoms with Gasteiger partial charge >= 0.3 is 5.97 Å². The number of aliphatic carboxylic acids is 1. The van der Waals surface area contributed by atoms with Crippen LogP contribution in [0.4, 0.5) is 0 Å². The van der Waals surface area contributed by atoms with Crippen LogP contribution in [0.25, 0.3) is 0 Å². The summed E-state index contributed by atoms with van der Waals surface area (Å²) < 4.78 is 0. The first kappa shape index (κ1) is 21.4. The molecule has 0 unspecified atom stereocenters. The lowest BCUT2D eigenvalue weighted by molar-refractivity contribution is -0.137. The predicted molar refractivity (Wildman–Crippen MR) is 90.0 cm³/mol. The number of hydrogen-bond donors (Lipinski definition) is 3. The number of carboxylic acids is 1. The highest BCUT2D eigenvalue weighted by Crippen LogP contribution is 2.14. The Morgan fingerprint density at radius 3 is 1.68 bits per heavy atom. The van der Waals surface area contributed by atoms with E-state index in [-0.39, 0.29) is 18.6 Å². The first-order valence-corrected chi connectivity index (χ1v) is 9.14. The van der Waals surface area contributed by atoms with Crippen molar-refractivity contribution in [2.45, 2.75) is 109 Å². The van der Waals surface area contributed by atoms with Gasteiger partial charge in [0.05, 0.1) is 12.2 Å². The lowest BCUT2D eigenvalue weighted by Crippen LogP contribution is -2.13. The lowest BCUT2D eigenvalue weighted by Gasteiger charge is -2.14. The first-order valence-electron chi connectivity index (χ1n) is 9.14. The van der Waals surface area contributed by atoms with Crippen molar-refractivity contribution in [1.29, 1.82) is 0 Å². The Morgan fingerprint density at radius 2 is 1.18 bits per heavy atom. The fraction of sp³-hybridized carbons (Fsp3) is 0.944. The van der Waals surface area contributed by atoms with E-state index >= 15 is 0 Å². The molecule has 0 aromatic heterocycles. The molecule has 0 aromatic carbocycles. The third kappa shape index (κ3) is 15.8. The van der Waals surface area contributed by atoms with Crippen LogP contribution in [0.1, 0.15) is 96.8 Å². The highest BCUT2D eigenvalue weighted by atomic mass is 16.4. The number of aliphatic hydroxyl groups is 2. The van der Waals surface area contributed by atoms with Gasteiger partial charge in [-0.2, -0.15) is 0 Å². The molecular weight excluding hydrogens is 280 g/mol. The van der Waals surface area contributed by atoms with Crippen molar-refractivity contribution in [3.8, 4) is 0 Å². The standard InChI is InChI=1S/C18H36O4/c1-2-3-4-8-11-16(19)14-15-17(20)12-9-6-5-7-10-13-18(21)22/h16-17,19-20H,2-15H2,1H3,(H,21,22)/t16-,17-/m1/s1. The fourth-order valence-electron chi connectivity index (χ4n) is 2.67. The van der Waals surface area contributed by atoms with E-state index in [0.717, 1.165) is 51.4 Å². The van der Waals surface area contributed by atoms with E-state index in [1.54, 1.807) is 0 Å². The fourth-order valence-corrected chi connectivity index (χ4v) is 2.67. The number of carboxylic acid groups (broad SMARTS) is 1. The molecule has 0 aromatic rings. The van der Waals surface area contributed by atoms with Crippen molar-refractivity contribution in [1.82, 2.24) is 0 Å². The first-order chi connectivity index (χ1) is 10.6. The summed E-state index contributed by atoms with van der Waals surface area (Å²) in [7, 11) is 0. The summed E-state index contributed by atoms with van der Waals surface area (Å²) in [4.78, 5) is 10.3. The molecule has 0 spiro atoms. The zero-order chi connectivity index (χ0) is 16.6. The molecule has 0 heterocycles. The van der Waals surface area contributed by atoms with Crippen molar-refractivity contribution in [2.24, 2.45) is 0 Å². The zero-order valence-corrected chi connectivity index (χ0v) is 14.3. The van der Waals surface area contributed by atoms with Crippen LogP contribution in [-0.4, -0.2) is 33.5 Å². The average Bonchev–Trinajstić information content (AvgIpc) is 2.48. The Labute approximate surface area is 135 Å². The lowest BCUT2D eigenvalue weighted by atomic mass is 10.0. The van der Waals surface area contributed by atoms with Gasteiger partial charge in [0, 0.05) is 6.42 Å². The molecule has 0 aliphatic rings. The summed E-state index contributed by atoms with van der Waals surface area (Å²) >= 11 is 0. The minimum atomic E-state index is -0.719. The van der Waals surface area contributed by atoms with Crippen molar-refractivity contribution >= 4 is 5.97 Å². The number of rotatable bonds is 16. The molecule has 0 radical (unpaired) electrons. The third-order valence-electron chi connectivity index (χ3n) is 4.15. The molecule has 4 nitrogen and oxygen atoms in total. The summed E-state index contributed by atoms with van der Waals surface area (Å²) in [5, 5.41) is 28.3. The summed E-state index contributed by atoms with van der Waals surface area (Å²) in [5.74, 6) is -0.719. The largest absolute Gasteiger partial charge is 0.481 e. The van der Waals surface area contributed by atoms with Crippen LogP contribution < -0.4 is 0 Å². The molecule has 0 rings (SSSR count). The Hall–Kier alpha value is -0.610. The minimum absolute atomic E-state index is 0.262. The van der Waals surface area contributed by atoms with E-state index in [0.29, 0.717) is 12.8 Å². The predicted octanol–water partition coefficient (Wildman–Crippen LogP) is 4.27. The third-order valence-corrected chi connectivity index (χ3v) is 4.15. The maximum atomic E-state index is 10.3. The van der Waals surface area contributed by atoms with Gasteiger partial charge in [-0.25, -0.2) is 0 Å². The molecule has 132 valence electrons. The normalized spacial score (nSPS) is 14.0. The van der Waals surface area contributed by atoms with E-state index in [2.05, 4.69) is 6.92 Å². The molecule has 0 saturated heterocycles. The van der Waals surface area contributed by atoms with Crippen LogP contribution in [-0.2, 0) is 4.79 Å². The molecule has 0 amide bonds. The quantitative estimate of drug-likeness (QED) is 0.371. The molecule has 0 aliphatic carbocycles. The Bertz CT molecular complexity index is 255. The van der Waals surface area contributed by atoms with Gasteiger partial charge in [-0.05, 0) is 32.1 Å². The van der Waals surface area contributed by atoms with Crippen molar-refractivity contribution < 1.29 is 20.1 Å². The van der Waals surface area contributed by atoms with Gasteiger partial charge in [0.1, 0.15) is 0 Å². The summed E-state index contributed by atoms with van der Waals surface area (Å²) in [6.07, 6.45) is 12.3. The highest BCUT2D eigenvalue weighted by molar-refractivity contribution is 5.66. The van der Waals surface area contributed by atoms with Crippen LogP contribution in [0.5, 0.6) is 0 Å². The van der Waals surface area contributed by atoms with E-state index in [1.165, 1.54) is 19.3 Å². The van der Waals surface area contributed by atoms with Crippen LogP contribution >= 0.6 is 0 Å². The van der Waals surface area contributed by atoms with E-state index in [1.807, 2.05) is 0 Å².